The van der Waals surface area contributed by atoms with Gasteiger partial charge in [-0.15, -0.1) is 10.2 Å². The van der Waals surface area contributed by atoms with E-state index in [2.05, 4.69) is 33.9 Å². The summed E-state index contributed by atoms with van der Waals surface area (Å²) in [6.45, 7) is 5.09. The number of hydrogen-bond donors (Lipinski definition) is 2. The second-order valence-electron chi connectivity index (χ2n) is 8.68. The third-order valence-corrected chi connectivity index (χ3v) is 6.62. The molecule has 1 aromatic rings. The number of fused-ring (bicyclic) bond motifs is 3. The van der Waals surface area contributed by atoms with Gasteiger partial charge in [-0.1, -0.05) is 20.3 Å². The molecule has 4 rings (SSSR count). The van der Waals surface area contributed by atoms with Crippen LogP contribution in [0, 0.1) is 17.8 Å². The maximum absolute atomic E-state index is 12.9. The van der Waals surface area contributed by atoms with Gasteiger partial charge in [0.2, 0.25) is 5.91 Å². The van der Waals surface area contributed by atoms with Gasteiger partial charge in [0, 0.05) is 36.9 Å². The number of nitrogens with one attached hydrogen (secondary N) is 1. The van der Waals surface area contributed by atoms with Gasteiger partial charge in [0.1, 0.15) is 11.6 Å². The molecule has 0 aromatic carbocycles. The molecular weight excluding hydrogens is 314 g/mol. The molecule has 3 unspecified atom stereocenters. The van der Waals surface area contributed by atoms with E-state index >= 15 is 0 Å². The fourth-order valence-corrected chi connectivity index (χ4v) is 5.22. The molecule has 0 spiro atoms. The molecule has 2 saturated carbocycles. The SMILES string of the molecule is CC(C)c1nnc2n1CC(NC(=O)C1CC3CCCC(C1)C3N)CC2. The van der Waals surface area contributed by atoms with Gasteiger partial charge in [-0.05, 0) is 43.9 Å². The molecule has 0 radical (unpaired) electrons. The fourth-order valence-electron chi connectivity index (χ4n) is 5.22. The van der Waals surface area contributed by atoms with Crippen molar-refractivity contribution in [1.82, 2.24) is 20.1 Å². The molecule has 3 atom stereocenters. The first-order chi connectivity index (χ1) is 12.0. The molecule has 6 heteroatoms. The van der Waals surface area contributed by atoms with Crippen LogP contribution in [0.5, 0.6) is 0 Å². The van der Waals surface area contributed by atoms with Crippen molar-refractivity contribution in [1.29, 1.82) is 0 Å². The van der Waals surface area contributed by atoms with E-state index in [4.69, 9.17) is 5.73 Å². The number of aromatic nitrogens is 3. The number of hydrogen-bond acceptors (Lipinski definition) is 4. The summed E-state index contributed by atoms with van der Waals surface area (Å²) in [5.74, 6) is 3.95. The minimum atomic E-state index is 0.155. The molecule has 138 valence electrons. The molecular formula is C19H31N5O. The summed E-state index contributed by atoms with van der Waals surface area (Å²) in [5.41, 5.74) is 6.37. The Morgan fingerprint density at radius 2 is 1.92 bits per heavy atom. The van der Waals surface area contributed by atoms with E-state index in [1.807, 2.05) is 0 Å². The smallest absolute Gasteiger partial charge is 0.223 e. The molecule has 3 N–H and O–H groups in total. The van der Waals surface area contributed by atoms with E-state index in [9.17, 15) is 4.79 Å². The van der Waals surface area contributed by atoms with Crippen LogP contribution < -0.4 is 11.1 Å². The Morgan fingerprint density at radius 3 is 2.60 bits per heavy atom. The van der Waals surface area contributed by atoms with Gasteiger partial charge in [0.25, 0.3) is 0 Å². The molecule has 2 fully saturated rings. The van der Waals surface area contributed by atoms with Gasteiger partial charge in [-0.3, -0.25) is 4.79 Å². The van der Waals surface area contributed by atoms with E-state index in [0.717, 1.165) is 43.9 Å². The minimum Gasteiger partial charge on any atom is -0.351 e. The molecule has 2 heterocycles. The van der Waals surface area contributed by atoms with Crippen LogP contribution in [-0.2, 0) is 17.8 Å². The summed E-state index contributed by atoms with van der Waals surface area (Å²) >= 11 is 0. The number of aryl methyl sites for hydroxylation is 1. The van der Waals surface area contributed by atoms with Crippen LogP contribution in [0.3, 0.4) is 0 Å². The monoisotopic (exact) mass is 345 g/mol. The maximum Gasteiger partial charge on any atom is 0.223 e. The summed E-state index contributed by atoms with van der Waals surface area (Å²) in [6.07, 6.45) is 7.50. The van der Waals surface area contributed by atoms with Crippen LogP contribution in [0.1, 0.15) is 69.9 Å². The summed E-state index contributed by atoms with van der Waals surface area (Å²) in [4.78, 5) is 12.9. The molecule has 2 bridgehead atoms. The first kappa shape index (κ1) is 17.0. The van der Waals surface area contributed by atoms with Crippen LogP contribution in [0.4, 0.5) is 0 Å². The van der Waals surface area contributed by atoms with Crippen molar-refractivity contribution in [3.8, 4) is 0 Å². The second-order valence-corrected chi connectivity index (χ2v) is 8.68. The van der Waals surface area contributed by atoms with Crippen molar-refractivity contribution >= 4 is 5.91 Å². The average Bonchev–Trinajstić information content (AvgIpc) is 2.97. The standard InChI is InChI=1S/C19H31N5O/c1-11(2)18-23-22-16-7-6-15(10-24(16)18)21-19(25)14-8-12-4-3-5-13(9-14)17(12)20/h11-15,17H,3-10,20H2,1-2H3,(H,21,25). The van der Waals surface area contributed by atoms with Crippen LogP contribution in [0.2, 0.25) is 0 Å². The Balaban J connectivity index is 1.39. The number of amides is 1. The summed E-state index contributed by atoms with van der Waals surface area (Å²) in [7, 11) is 0. The van der Waals surface area contributed by atoms with Crippen molar-refractivity contribution in [2.75, 3.05) is 0 Å². The van der Waals surface area contributed by atoms with Crippen molar-refractivity contribution in [3.63, 3.8) is 0 Å². The lowest BCUT2D eigenvalue weighted by Crippen LogP contribution is -2.51. The van der Waals surface area contributed by atoms with Crippen LogP contribution in [0.25, 0.3) is 0 Å². The molecule has 6 nitrogen and oxygen atoms in total. The maximum atomic E-state index is 12.9. The Labute approximate surface area is 149 Å². The molecule has 2 aliphatic carbocycles. The van der Waals surface area contributed by atoms with Gasteiger partial charge in [0.15, 0.2) is 0 Å². The van der Waals surface area contributed by atoms with E-state index in [0.29, 0.717) is 23.8 Å². The highest BCUT2D eigenvalue weighted by Crippen LogP contribution is 2.42. The van der Waals surface area contributed by atoms with Crippen LogP contribution in [0.15, 0.2) is 0 Å². The van der Waals surface area contributed by atoms with Gasteiger partial charge in [-0.25, -0.2) is 0 Å². The molecule has 0 saturated heterocycles. The minimum absolute atomic E-state index is 0.155. The van der Waals surface area contributed by atoms with Crippen molar-refractivity contribution in [2.24, 2.45) is 23.5 Å². The quantitative estimate of drug-likeness (QED) is 0.877. The third-order valence-electron chi connectivity index (χ3n) is 6.62. The first-order valence-electron chi connectivity index (χ1n) is 10.0. The van der Waals surface area contributed by atoms with Crippen LogP contribution >= 0.6 is 0 Å². The van der Waals surface area contributed by atoms with Gasteiger partial charge in [0.05, 0.1) is 0 Å². The zero-order valence-corrected chi connectivity index (χ0v) is 15.4. The number of carbonyl (C=O) groups excluding carboxylic acids is 1. The highest BCUT2D eigenvalue weighted by atomic mass is 16.2. The van der Waals surface area contributed by atoms with E-state index < -0.39 is 0 Å². The van der Waals surface area contributed by atoms with Crippen LogP contribution in [-0.4, -0.2) is 32.8 Å². The van der Waals surface area contributed by atoms with Crippen molar-refractivity contribution < 1.29 is 4.79 Å². The molecule has 3 aliphatic rings. The normalized spacial score (nSPS) is 34.6. The Bertz CT molecular complexity index is 626. The average molecular weight is 345 g/mol. The summed E-state index contributed by atoms with van der Waals surface area (Å²) in [6, 6.07) is 0.518. The molecule has 1 aromatic heterocycles. The fraction of sp³-hybridized carbons (Fsp3) is 0.842. The third kappa shape index (κ3) is 3.21. The van der Waals surface area contributed by atoms with E-state index in [1.54, 1.807) is 0 Å². The Kier molecular flexibility index (Phi) is 4.56. The van der Waals surface area contributed by atoms with E-state index in [-0.39, 0.29) is 17.9 Å². The van der Waals surface area contributed by atoms with Crippen molar-refractivity contribution in [2.45, 2.75) is 83.3 Å². The molecule has 1 aliphatic heterocycles. The van der Waals surface area contributed by atoms with Gasteiger partial charge < -0.3 is 15.6 Å². The van der Waals surface area contributed by atoms with E-state index in [1.165, 1.54) is 19.3 Å². The topological polar surface area (TPSA) is 85.8 Å². The first-order valence-corrected chi connectivity index (χ1v) is 10.0. The number of rotatable bonds is 3. The lowest BCUT2D eigenvalue weighted by Gasteiger charge is -2.43. The second kappa shape index (κ2) is 6.71. The largest absolute Gasteiger partial charge is 0.351 e. The predicted octanol–water partition coefficient (Wildman–Crippen LogP) is 1.99. The number of carbonyl (C=O) groups is 1. The zero-order valence-electron chi connectivity index (χ0n) is 15.4. The highest BCUT2D eigenvalue weighted by molar-refractivity contribution is 5.79. The summed E-state index contributed by atoms with van der Waals surface area (Å²) in [5, 5.41) is 12.0. The molecule has 1 amide bonds. The Morgan fingerprint density at radius 1 is 1.20 bits per heavy atom. The highest BCUT2D eigenvalue weighted by Gasteiger charge is 2.41. The molecule has 25 heavy (non-hydrogen) atoms. The van der Waals surface area contributed by atoms with Gasteiger partial charge in [-0.2, -0.15) is 0 Å². The van der Waals surface area contributed by atoms with Crippen molar-refractivity contribution in [3.05, 3.63) is 11.6 Å². The van der Waals surface area contributed by atoms with Gasteiger partial charge >= 0.3 is 0 Å². The number of nitrogens with two attached hydrogens (primary N) is 1. The lowest BCUT2D eigenvalue weighted by molar-refractivity contribution is -0.128. The Hall–Kier alpha value is -1.43. The predicted molar refractivity (Wildman–Crippen MR) is 95.9 cm³/mol. The lowest BCUT2D eigenvalue weighted by atomic mass is 9.65. The number of nitrogens with zero attached hydrogens (tertiary/aromatic N) is 3. The zero-order chi connectivity index (χ0) is 17.6. The summed E-state index contributed by atoms with van der Waals surface area (Å²) < 4.78 is 2.21.